The molecule has 0 fully saturated rings. The molecular formula is C15H17ClN2O2S. The number of hydrogen-bond donors (Lipinski definition) is 1. The first-order valence-electron chi connectivity index (χ1n) is 6.43. The minimum absolute atomic E-state index is 0.112. The van der Waals surface area contributed by atoms with Crippen LogP contribution in [-0.4, -0.2) is 18.1 Å². The molecule has 0 aliphatic heterocycles. The minimum atomic E-state index is -0.478. The predicted octanol–water partition coefficient (Wildman–Crippen LogP) is 4.62. The Labute approximate surface area is 133 Å². The first-order chi connectivity index (χ1) is 9.81. The van der Waals surface area contributed by atoms with Crippen LogP contribution in [0.2, 0.25) is 5.15 Å². The quantitative estimate of drug-likeness (QED) is 0.837. The van der Waals surface area contributed by atoms with Crippen LogP contribution in [0.4, 0.5) is 10.8 Å². The maximum atomic E-state index is 11.5. The van der Waals surface area contributed by atoms with Gasteiger partial charge in [0.25, 0.3) is 0 Å². The molecule has 1 aromatic heterocycles. The number of methoxy groups -OCH3 is 1. The normalized spacial score (nSPS) is 11.3. The molecule has 0 spiro atoms. The Morgan fingerprint density at radius 1 is 1.29 bits per heavy atom. The molecule has 0 saturated heterocycles. The molecule has 1 heterocycles. The molecule has 0 atom stereocenters. The maximum Gasteiger partial charge on any atom is 0.351 e. The van der Waals surface area contributed by atoms with Crippen molar-refractivity contribution in [3.05, 3.63) is 39.9 Å². The van der Waals surface area contributed by atoms with Crippen molar-refractivity contribution >= 4 is 39.7 Å². The summed E-state index contributed by atoms with van der Waals surface area (Å²) >= 11 is 7.10. The number of rotatable bonds is 3. The van der Waals surface area contributed by atoms with E-state index in [1.807, 2.05) is 12.1 Å². The van der Waals surface area contributed by atoms with Gasteiger partial charge in [-0.2, -0.15) is 0 Å². The predicted molar refractivity (Wildman–Crippen MR) is 86.9 cm³/mol. The summed E-state index contributed by atoms with van der Waals surface area (Å²) < 4.78 is 4.65. The van der Waals surface area contributed by atoms with E-state index in [0.717, 1.165) is 5.69 Å². The highest BCUT2D eigenvalue weighted by Gasteiger charge is 2.17. The number of esters is 1. The molecule has 0 amide bonds. The van der Waals surface area contributed by atoms with Crippen molar-refractivity contribution in [3.63, 3.8) is 0 Å². The number of carbonyl (C=O) groups excluding carboxylic acids is 1. The van der Waals surface area contributed by atoms with Crippen LogP contribution in [0.15, 0.2) is 24.3 Å². The van der Waals surface area contributed by atoms with Crippen molar-refractivity contribution in [1.82, 2.24) is 4.98 Å². The van der Waals surface area contributed by atoms with Gasteiger partial charge in [0.05, 0.1) is 7.11 Å². The second kappa shape index (κ2) is 6.03. The largest absolute Gasteiger partial charge is 0.465 e. The Kier molecular flexibility index (Phi) is 4.54. The Morgan fingerprint density at radius 3 is 2.43 bits per heavy atom. The Bertz CT molecular complexity index is 645. The fraction of sp³-hybridized carbons (Fsp3) is 0.333. The number of carbonyl (C=O) groups is 1. The van der Waals surface area contributed by atoms with Gasteiger partial charge in [-0.15, -0.1) is 0 Å². The monoisotopic (exact) mass is 324 g/mol. The highest BCUT2D eigenvalue weighted by Crippen LogP contribution is 2.30. The van der Waals surface area contributed by atoms with Crippen LogP contribution in [-0.2, 0) is 10.2 Å². The highest BCUT2D eigenvalue weighted by atomic mass is 35.5. The number of benzene rings is 1. The fourth-order valence-corrected chi connectivity index (χ4v) is 2.87. The standard InChI is InChI=1S/C15H17ClN2O2S/c1-15(2,3)9-5-7-10(8-6-9)17-14-18-12(16)11(21-14)13(19)20-4/h5-8H,1-4H3,(H,17,18). The summed E-state index contributed by atoms with van der Waals surface area (Å²) in [5, 5.41) is 3.85. The number of nitrogens with one attached hydrogen (secondary N) is 1. The van der Waals surface area contributed by atoms with Crippen LogP contribution >= 0.6 is 22.9 Å². The Hall–Kier alpha value is -1.59. The molecule has 1 N–H and O–H groups in total. The van der Waals surface area contributed by atoms with Gasteiger partial charge in [0.1, 0.15) is 0 Å². The summed E-state index contributed by atoms with van der Waals surface area (Å²) in [5.41, 5.74) is 2.26. The van der Waals surface area contributed by atoms with E-state index in [-0.39, 0.29) is 10.6 Å². The number of anilines is 2. The van der Waals surface area contributed by atoms with Crippen LogP contribution in [0, 0.1) is 0 Å². The lowest BCUT2D eigenvalue weighted by Crippen LogP contribution is -2.10. The van der Waals surface area contributed by atoms with E-state index < -0.39 is 5.97 Å². The van der Waals surface area contributed by atoms with Crippen LogP contribution in [0.25, 0.3) is 0 Å². The lowest BCUT2D eigenvalue weighted by Gasteiger charge is -2.19. The third-order valence-electron chi connectivity index (χ3n) is 2.96. The third-order valence-corrected chi connectivity index (χ3v) is 4.30. The number of nitrogens with zero attached hydrogens (tertiary/aromatic N) is 1. The van der Waals surface area contributed by atoms with E-state index in [4.69, 9.17) is 11.6 Å². The third kappa shape index (κ3) is 3.74. The number of aromatic nitrogens is 1. The second-order valence-electron chi connectivity index (χ2n) is 5.58. The zero-order valence-electron chi connectivity index (χ0n) is 12.4. The van der Waals surface area contributed by atoms with Gasteiger partial charge in [0.2, 0.25) is 0 Å². The van der Waals surface area contributed by atoms with Crippen LogP contribution in [0.1, 0.15) is 36.0 Å². The van der Waals surface area contributed by atoms with E-state index in [2.05, 4.69) is 47.9 Å². The summed E-state index contributed by atoms with van der Waals surface area (Å²) in [4.78, 5) is 15.9. The molecule has 6 heteroatoms. The van der Waals surface area contributed by atoms with Crippen molar-refractivity contribution in [2.45, 2.75) is 26.2 Å². The molecule has 0 aliphatic carbocycles. The molecule has 1 aromatic carbocycles. The smallest absolute Gasteiger partial charge is 0.351 e. The highest BCUT2D eigenvalue weighted by molar-refractivity contribution is 7.18. The molecule has 0 radical (unpaired) electrons. The maximum absolute atomic E-state index is 11.5. The molecule has 2 rings (SSSR count). The van der Waals surface area contributed by atoms with Gasteiger partial charge >= 0.3 is 5.97 Å². The average molecular weight is 325 g/mol. The van der Waals surface area contributed by atoms with Crippen LogP contribution < -0.4 is 5.32 Å². The van der Waals surface area contributed by atoms with Crippen LogP contribution in [0.5, 0.6) is 0 Å². The molecule has 4 nitrogen and oxygen atoms in total. The van der Waals surface area contributed by atoms with Gasteiger partial charge in [-0.1, -0.05) is 55.8 Å². The van der Waals surface area contributed by atoms with Gasteiger partial charge in [-0.05, 0) is 23.1 Å². The first-order valence-corrected chi connectivity index (χ1v) is 7.63. The number of hydrogen-bond acceptors (Lipinski definition) is 5. The van der Waals surface area contributed by atoms with Gasteiger partial charge in [0.15, 0.2) is 15.2 Å². The molecule has 21 heavy (non-hydrogen) atoms. The lowest BCUT2D eigenvalue weighted by molar-refractivity contribution is 0.0606. The van der Waals surface area contributed by atoms with Crippen molar-refractivity contribution in [2.24, 2.45) is 0 Å². The molecule has 112 valence electrons. The number of ether oxygens (including phenoxy) is 1. The van der Waals surface area contributed by atoms with Gasteiger partial charge < -0.3 is 10.1 Å². The molecular weight excluding hydrogens is 308 g/mol. The molecule has 0 aliphatic rings. The second-order valence-corrected chi connectivity index (χ2v) is 6.94. The van der Waals surface area contributed by atoms with E-state index >= 15 is 0 Å². The number of thiazole rings is 1. The van der Waals surface area contributed by atoms with Crippen molar-refractivity contribution in [3.8, 4) is 0 Å². The Morgan fingerprint density at radius 2 is 1.90 bits per heavy atom. The molecule has 2 aromatic rings. The Balaban J connectivity index is 2.17. The van der Waals surface area contributed by atoms with Gasteiger partial charge in [0, 0.05) is 5.69 Å². The summed E-state index contributed by atoms with van der Waals surface area (Å²) in [7, 11) is 1.32. The first kappa shape index (κ1) is 15.8. The van der Waals surface area contributed by atoms with Gasteiger partial charge in [-0.25, -0.2) is 9.78 Å². The fourth-order valence-electron chi connectivity index (χ4n) is 1.75. The summed E-state index contributed by atoms with van der Waals surface area (Å²) in [6.45, 7) is 6.50. The average Bonchev–Trinajstić information content (AvgIpc) is 2.78. The summed E-state index contributed by atoms with van der Waals surface area (Å²) in [5.74, 6) is -0.478. The van der Waals surface area contributed by atoms with Crippen molar-refractivity contribution < 1.29 is 9.53 Å². The molecule has 0 bridgehead atoms. The van der Waals surface area contributed by atoms with Crippen molar-refractivity contribution in [2.75, 3.05) is 12.4 Å². The molecule has 0 unspecified atom stereocenters. The zero-order valence-corrected chi connectivity index (χ0v) is 13.9. The van der Waals surface area contributed by atoms with E-state index in [1.54, 1.807) is 0 Å². The van der Waals surface area contributed by atoms with E-state index in [1.165, 1.54) is 24.0 Å². The van der Waals surface area contributed by atoms with Gasteiger partial charge in [-0.3, -0.25) is 0 Å². The molecule has 0 saturated carbocycles. The van der Waals surface area contributed by atoms with E-state index in [9.17, 15) is 4.79 Å². The summed E-state index contributed by atoms with van der Waals surface area (Å²) in [6.07, 6.45) is 0. The van der Waals surface area contributed by atoms with Crippen LogP contribution in [0.3, 0.4) is 0 Å². The summed E-state index contributed by atoms with van der Waals surface area (Å²) in [6, 6.07) is 8.10. The zero-order chi connectivity index (χ0) is 15.6. The number of halogens is 1. The SMILES string of the molecule is COC(=O)c1sc(Nc2ccc(C(C)(C)C)cc2)nc1Cl. The topological polar surface area (TPSA) is 51.2 Å². The lowest BCUT2D eigenvalue weighted by atomic mass is 9.87. The van der Waals surface area contributed by atoms with Crippen molar-refractivity contribution in [1.29, 1.82) is 0 Å². The van der Waals surface area contributed by atoms with E-state index in [0.29, 0.717) is 10.0 Å². The minimum Gasteiger partial charge on any atom is -0.465 e.